The van der Waals surface area contributed by atoms with Gasteiger partial charge in [0.05, 0.1) is 6.04 Å². The van der Waals surface area contributed by atoms with Crippen LogP contribution >= 0.6 is 35.3 Å². The van der Waals surface area contributed by atoms with Gasteiger partial charge in [0.2, 0.25) is 5.91 Å². The lowest BCUT2D eigenvalue weighted by molar-refractivity contribution is -0.118. The highest BCUT2D eigenvalue weighted by Crippen LogP contribution is 2.27. The molecule has 8 heteroatoms. The summed E-state index contributed by atoms with van der Waals surface area (Å²) >= 11 is 1.82. The molecule has 0 radical (unpaired) electrons. The van der Waals surface area contributed by atoms with Gasteiger partial charge < -0.3 is 16.0 Å². The van der Waals surface area contributed by atoms with Crippen LogP contribution in [0.1, 0.15) is 43.2 Å². The quantitative estimate of drug-likeness (QED) is 0.256. The summed E-state index contributed by atoms with van der Waals surface area (Å²) in [5.41, 5.74) is 1.96. The molecule has 2 aromatic rings. The second-order valence-electron chi connectivity index (χ2n) is 7.92. The van der Waals surface area contributed by atoms with Crippen molar-refractivity contribution < 1.29 is 4.79 Å². The minimum Gasteiger partial charge on any atom is -0.354 e. The Balaban J connectivity index is 0.00000341. The third kappa shape index (κ3) is 7.76. The number of hydrogen-bond donors (Lipinski definition) is 3. The van der Waals surface area contributed by atoms with Gasteiger partial charge in [-0.05, 0) is 55.1 Å². The van der Waals surface area contributed by atoms with Gasteiger partial charge >= 0.3 is 0 Å². The van der Waals surface area contributed by atoms with Crippen LogP contribution in [0.3, 0.4) is 0 Å². The zero-order valence-corrected chi connectivity index (χ0v) is 21.7. The molecule has 1 saturated heterocycles. The predicted molar refractivity (Wildman–Crippen MR) is 141 cm³/mol. The maximum Gasteiger partial charge on any atom is 0.226 e. The third-order valence-electron chi connectivity index (χ3n) is 5.35. The van der Waals surface area contributed by atoms with Gasteiger partial charge in [-0.2, -0.15) is 0 Å². The maximum atomic E-state index is 11.8. The summed E-state index contributed by atoms with van der Waals surface area (Å²) in [6.45, 7) is 7.61. The number of carbonyl (C=O) groups is 1. The smallest absolute Gasteiger partial charge is 0.226 e. The molecular weight excluding hydrogens is 521 g/mol. The van der Waals surface area contributed by atoms with Gasteiger partial charge in [0, 0.05) is 36.6 Å². The first-order chi connectivity index (χ1) is 14.6. The normalized spacial score (nSPS) is 15.4. The second-order valence-corrected chi connectivity index (χ2v) is 8.90. The summed E-state index contributed by atoms with van der Waals surface area (Å²) in [6.07, 6.45) is 2.56. The number of halogens is 1. The SMILES string of the molecule is CN=C(NCc1ccc(NC(=O)C(C)C)cc1)NCC(c1cccs1)N1CCCC1.I. The van der Waals surface area contributed by atoms with Crippen LogP contribution in [-0.2, 0) is 11.3 Å². The highest BCUT2D eigenvalue weighted by molar-refractivity contribution is 14.0. The molecule has 6 nitrogen and oxygen atoms in total. The monoisotopic (exact) mass is 555 g/mol. The van der Waals surface area contributed by atoms with Crippen molar-refractivity contribution in [1.82, 2.24) is 15.5 Å². The first-order valence-corrected chi connectivity index (χ1v) is 11.6. The predicted octanol–water partition coefficient (Wildman–Crippen LogP) is 4.46. The number of nitrogens with one attached hydrogen (secondary N) is 3. The second kappa shape index (κ2) is 13.0. The molecule has 1 atom stereocenters. The highest BCUT2D eigenvalue weighted by atomic mass is 127. The molecule has 0 saturated carbocycles. The Labute approximate surface area is 206 Å². The number of aliphatic imine (C=N–C) groups is 1. The number of carbonyl (C=O) groups excluding carboxylic acids is 1. The number of nitrogens with zero attached hydrogens (tertiary/aromatic N) is 2. The van der Waals surface area contributed by atoms with E-state index in [4.69, 9.17) is 0 Å². The van der Waals surface area contributed by atoms with Crippen LogP contribution in [0.5, 0.6) is 0 Å². The van der Waals surface area contributed by atoms with E-state index in [1.807, 2.05) is 49.4 Å². The largest absolute Gasteiger partial charge is 0.354 e. The lowest BCUT2D eigenvalue weighted by Crippen LogP contribution is -2.42. The van der Waals surface area contributed by atoms with Gasteiger partial charge in [-0.25, -0.2) is 0 Å². The Morgan fingerprint density at radius 2 is 1.84 bits per heavy atom. The van der Waals surface area contributed by atoms with Crippen molar-refractivity contribution in [3.63, 3.8) is 0 Å². The van der Waals surface area contributed by atoms with Gasteiger partial charge in [-0.15, -0.1) is 35.3 Å². The van der Waals surface area contributed by atoms with E-state index in [1.54, 1.807) is 7.05 Å². The number of likely N-dealkylation sites (tertiary alicyclic amines) is 1. The molecule has 1 aromatic heterocycles. The maximum absolute atomic E-state index is 11.8. The minimum absolute atomic E-state index is 0. The number of rotatable bonds is 8. The summed E-state index contributed by atoms with van der Waals surface area (Å²) in [4.78, 5) is 20.2. The Hall–Kier alpha value is -1.65. The molecule has 3 rings (SSSR count). The van der Waals surface area contributed by atoms with Gasteiger partial charge in [0.15, 0.2) is 5.96 Å². The zero-order valence-electron chi connectivity index (χ0n) is 18.6. The van der Waals surface area contributed by atoms with Crippen molar-refractivity contribution in [2.45, 2.75) is 39.3 Å². The molecule has 3 N–H and O–H groups in total. The van der Waals surface area contributed by atoms with E-state index in [0.29, 0.717) is 12.6 Å². The molecule has 1 fully saturated rings. The Morgan fingerprint density at radius 3 is 2.42 bits per heavy atom. The molecule has 1 amide bonds. The van der Waals surface area contributed by atoms with Crippen molar-refractivity contribution in [3.8, 4) is 0 Å². The average molecular weight is 556 g/mol. The Morgan fingerprint density at radius 1 is 1.13 bits per heavy atom. The zero-order chi connectivity index (χ0) is 21.3. The molecule has 1 unspecified atom stereocenters. The van der Waals surface area contributed by atoms with E-state index in [2.05, 4.69) is 43.4 Å². The van der Waals surface area contributed by atoms with Crippen LogP contribution in [0.25, 0.3) is 0 Å². The number of anilines is 1. The Bertz CT molecular complexity index is 817. The summed E-state index contributed by atoms with van der Waals surface area (Å²) in [5, 5.41) is 12.0. The molecule has 1 aliphatic rings. The molecule has 0 spiro atoms. The fraction of sp³-hybridized carbons (Fsp3) is 0.478. The minimum atomic E-state index is -0.0284. The number of amides is 1. The fourth-order valence-electron chi connectivity index (χ4n) is 3.54. The highest BCUT2D eigenvalue weighted by Gasteiger charge is 2.24. The van der Waals surface area contributed by atoms with E-state index < -0.39 is 0 Å². The van der Waals surface area contributed by atoms with Crippen LogP contribution in [-0.4, -0.2) is 43.4 Å². The third-order valence-corrected chi connectivity index (χ3v) is 6.32. The molecular formula is C23H34IN5OS. The molecule has 1 aromatic carbocycles. The van der Waals surface area contributed by atoms with Crippen molar-refractivity contribution in [3.05, 3.63) is 52.2 Å². The van der Waals surface area contributed by atoms with E-state index in [9.17, 15) is 4.79 Å². The summed E-state index contributed by atoms with van der Waals surface area (Å²) in [7, 11) is 1.80. The van der Waals surface area contributed by atoms with Gasteiger partial charge in [-0.3, -0.25) is 14.7 Å². The van der Waals surface area contributed by atoms with E-state index >= 15 is 0 Å². The van der Waals surface area contributed by atoms with Crippen LogP contribution in [0, 0.1) is 5.92 Å². The van der Waals surface area contributed by atoms with Crippen LogP contribution in [0.2, 0.25) is 0 Å². The number of hydrogen-bond acceptors (Lipinski definition) is 4. The standard InChI is InChI=1S/C23H33N5OS.HI/c1-17(2)22(29)27-19-10-8-18(9-11-19)15-25-23(24-3)26-16-20(21-7-6-14-30-21)28-12-4-5-13-28;/h6-11,14,17,20H,4-5,12-13,15-16H2,1-3H3,(H,27,29)(H2,24,25,26);1H. The molecule has 0 aliphatic carbocycles. The summed E-state index contributed by atoms with van der Waals surface area (Å²) < 4.78 is 0. The molecule has 31 heavy (non-hydrogen) atoms. The van der Waals surface area contributed by atoms with E-state index in [1.165, 1.54) is 17.7 Å². The average Bonchev–Trinajstić information content (AvgIpc) is 3.46. The molecule has 1 aliphatic heterocycles. The van der Waals surface area contributed by atoms with Crippen molar-refractivity contribution in [2.24, 2.45) is 10.9 Å². The first kappa shape index (κ1) is 25.6. The summed E-state index contributed by atoms with van der Waals surface area (Å²) in [5.74, 6) is 0.802. The van der Waals surface area contributed by atoms with Crippen LogP contribution in [0.15, 0.2) is 46.8 Å². The molecule has 170 valence electrons. The van der Waals surface area contributed by atoms with Crippen molar-refractivity contribution in [2.75, 3.05) is 32.0 Å². The van der Waals surface area contributed by atoms with Gasteiger partial charge in [-0.1, -0.05) is 32.0 Å². The van der Waals surface area contributed by atoms with Crippen molar-refractivity contribution in [1.29, 1.82) is 0 Å². The molecule has 0 bridgehead atoms. The lowest BCUT2D eigenvalue weighted by Gasteiger charge is -2.27. The van der Waals surface area contributed by atoms with E-state index in [-0.39, 0.29) is 35.8 Å². The first-order valence-electron chi connectivity index (χ1n) is 10.7. The van der Waals surface area contributed by atoms with E-state index in [0.717, 1.165) is 36.8 Å². The number of guanidine groups is 1. The van der Waals surface area contributed by atoms with Crippen LogP contribution in [0.4, 0.5) is 5.69 Å². The Kier molecular flexibility index (Phi) is 10.8. The van der Waals surface area contributed by atoms with Gasteiger partial charge in [0.1, 0.15) is 0 Å². The topological polar surface area (TPSA) is 68.8 Å². The van der Waals surface area contributed by atoms with Gasteiger partial charge in [0.25, 0.3) is 0 Å². The summed E-state index contributed by atoms with van der Waals surface area (Å²) in [6, 6.07) is 12.7. The fourth-order valence-corrected chi connectivity index (χ4v) is 4.40. The number of benzene rings is 1. The lowest BCUT2D eigenvalue weighted by atomic mass is 10.1. The van der Waals surface area contributed by atoms with Crippen molar-refractivity contribution >= 4 is 52.9 Å². The number of thiophene rings is 1. The molecule has 2 heterocycles. The van der Waals surface area contributed by atoms with Crippen LogP contribution < -0.4 is 16.0 Å².